The predicted molar refractivity (Wildman–Crippen MR) is 71.0 cm³/mol. The fraction of sp³-hybridized carbons (Fsp3) is 0.417. The Kier molecular flexibility index (Phi) is 3.03. The maximum absolute atomic E-state index is 5.39. The maximum Gasteiger partial charge on any atom is 0.117 e. The van der Waals surface area contributed by atoms with Crippen LogP contribution in [0.2, 0.25) is 0 Å². The van der Waals surface area contributed by atoms with Gasteiger partial charge in [0.15, 0.2) is 0 Å². The van der Waals surface area contributed by atoms with Crippen LogP contribution in [0.1, 0.15) is 6.42 Å². The quantitative estimate of drug-likeness (QED) is 0.838. The molecular weight excluding hydrogens is 282 g/mol. The number of hydrogen-bond acceptors (Lipinski definition) is 4. The largest absolute Gasteiger partial charge is 0.379 e. The van der Waals surface area contributed by atoms with E-state index in [2.05, 4.69) is 43.1 Å². The molecule has 1 fully saturated rings. The first-order valence-corrected chi connectivity index (χ1v) is 6.53. The molecule has 0 saturated carbocycles. The minimum absolute atomic E-state index is 0.437. The lowest BCUT2D eigenvalue weighted by Gasteiger charge is -2.23. The maximum atomic E-state index is 5.39. The van der Waals surface area contributed by atoms with Gasteiger partial charge in [0.1, 0.15) is 13.0 Å². The number of nitrogens with zero attached hydrogens (tertiary/aromatic N) is 3. The van der Waals surface area contributed by atoms with Gasteiger partial charge in [0.05, 0.1) is 12.6 Å². The van der Waals surface area contributed by atoms with Gasteiger partial charge < -0.3 is 9.64 Å². The molecule has 4 nitrogen and oxygen atoms in total. The summed E-state index contributed by atoms with van der Waals surface area (Å²) in [6, 6.07) is 8.71. The van der Waals surface area contributed by atoms with Crippen LogP contribution >= 0.6 is 15.9 Å². The summed E-state index contributed by atoms with van der Waals surface area (Å²) in [5.74, 6) is 0. The second-order valence-electron chi connectivity index (χ2n) is 4.28. The highest BCUT2D eigenvalue weighted by Gasteiger charge is 2.26. The van der Waals surface area contributed by atoms with Crippen LogP contribution in [-0.2, 0) is 4.74 Å². The lowest BCUT2D eigenvalue weighted by atomic mass is 10.2. The van der Waals surface area contributed by atoms with Gasteiger partial charge in [-0.1, -0.05) is 15.9 Å². The van der Waals surface area contributed by atoms with Crippen molar-refractivity contribution in [3.63, 3.8) is 0 Å². The zero-order valence-electron chi connectivity index (χ0n) is 9.42. The number of ether oxygens (including phenoxy) is 1. The molecule has 1 saturated heterocycles. The summed E-state index contributed by atoms with van der Waals surface area (Å²) in [6.45, 7) is 2.47. The summed E-state index contributed by atoms with van der Waals surface area (Å²) in [4.78, 5) is 2.14. The van der Waals surface area contributed by atoms with Crippen LogP contribution in [0.15, 0.2) is 33.8 Å². The Hall–Kier alpha value is -1.07. The lowest BCUT2D eigenvalue weighted by molar-refractivity contribution is 0.154. The van der Waals surface area contributed by atoms with Gasteiger partial charge in [0.25, 0.3) is 0 Å². The van der Waals surface area contributed by atoms with Gasteiger partial charge in [-0.25, -0.2) is 0 Å². The Morgan fingerprint density at radius 2 is 2.12 bits per heavy atom. The first-order valence-electron chi connectivity index (χ1n) is 5.73. The average Bonchev–Trinajstić information content (AvgIpc) is 3.00. The van der Waals surface area contributed by atoms with Gasteiger partial charge in [0, 0.05) is 16.8 Å². The number of benzene rings is 1. The normalized spacial score (nSPS) is 23.7. The standard InChI is InChI=1S/C12H14BrN3O/c13-10-1-3-11(4-2-10)15-8-14-16(9-15)12-5-6-17-7-12/h1-4,8,12H,5-7,9H2/t12-/m0/s1. The Morgan fingerprint density at radius 1 is 1.29 bits per heavy atom. The van der Waals surface area contributed by atoms with E-state index in [0.29, 0.717) is 6.04 Å². The molecule has 90 valence electrons. The highest BCUT2D eigenvalue weighted by atomic mass is 79.9. The predicted octanol–water partition coefficient (Wildman–Crippen LogP) is 2.26. The van der Waals surface area contributed by atoms with Crippen molar-refractivity contribution in [3.8, 4) is 0 Å². The Morgan fingerprint density at radius 3 is 2.82 bits per heavy atom. The molecule has 2 aliphatic heterocycles. The summed E-state index contributed by atoms with van der Waals surface area (Å²) in [5, 5.41) is 6.55. The van der Waals surface area contributed by atoms with Crippen molar-refractivity contribution in [3.05, 3.63) is 28.7 Å². The Balaban J connectivity index is 1.68. The van der Waals surface area contributed by atoms with Crippen LogP contribution in [0.3, 0.4) is 0 Å². The SMILES string of the molecule is Brc1ccc(N2C=NN([C@H]3CCOC3)C2)cc1. The zero-order chi connectivity index (χ0) is 11.7. The first-order chi connectivity index (χ1) is 8.33. The van der Waals surface area contributed by atoms with Crippen LogP contribution in [0.4, 0.5) is 5.69 Å². The fourth-order valence-electron chi connectivity index (χ4n) is 2.11. The van der Waals surface area contributed by atoms with Crippen LogP contribution in [0.5, 0.6) is 0 Å². The second kappa shape index (κ2) is 4.66. The molecule has 1 aromatic carbocycles. The molecule has 3 rings (SSSR count). The van der Waals surface area contributed by atoms with E-state index in [-0.39, 0.29) is 0 Å². The van der Waals surface area contributed by atoms with Crippen molar-refractivity contribution in [1.29, 1.82) is 0 Å². The summed E-state index contributed by atoms with van der Waals surface area (Å²) in [6.07, 6.45) is 2.97. The highest BCUT2D eigenvalue weighted by Crippen LogP contribution is 2.22. The van der Waals surface area contributed by atoms with Crippen molar-refractivity contribution in [2.75, 3.05) is 24.8 Å². The van der Waals surface area contributed by atoms with Gasteiger partial charge in [-0.15, -0.1) is 0 Å². The third kappa shape index (κ3) is 2.30. The summed E-state index contributed by atoms with van der Waals surface area (Å²) in [7, 11) is 0. The van der Waals surface area contributed by atoms with Crippen molar-refractivity contribution < 1.29 is 4.74 Å². The van der Waals surface area contributed by atoms with Crippen molar-refractivity contribution in [1.82, 2.24) is 5.01 Å². The van der Waals surface area contributed by atoms with E-state index in [4.69, 9.17) is 4.74 Å². The van der Waals surface area contributed by atoms with E-state index in [9.17, 15) is 0 Å². The molecule has 2 heterocycles. The molecular formula is C12H14BrN3O. The van der Waals surface area contributed by atoms with E-state index in [1.807, 2.05) is 18.5 Å². The molecule has 0 bridgehead atoms. The second-order valence-corrected chi connectivity index (χ2v) is 5.19. The Bertz CT molecular complexity index is 414. The Labute approximate surface area is 109 Å². The average molecular weight is 296 g/mol. The van der Waals surface area contributed by atoms with Crippen molar-refractivity contribution in [2.24, 2.45) is 5.10 Å². The zero-order valence-corrected chi connectivity index (χ0v) is 11.0. The molecule has 1 aromatic rings. The minimum Gasteiger partial charge on any atom is -0.379 e. The van der Waals surface area contributed by atoms with Crippen molar-refractivity contribution in [2.45, 2.75) is 12.5 Å². The number of rotatable bonds is 2. The number of hydrazone groups is 1. The third-order valence-corrected chi connectivity index (χ3v) is 3.65. The van der Waals surface area contributed by atoms with Crippen LogP contribution in [0.25, 0.3) is 0 Å². The van der Waals surface area contributed by atoms with E-state index in [1.165, 1.54) is 5.69 Å². The topological polar surface area (TPSA) is 28.1 Å². The van der Waals surface area contributed by atoms with Gasteiger partial charge in [-0.05, 0) is 30.7 Å². The summed E-state index contributed by atoms with van der Waals surface area (Å²) < 4.78 is 6.48. The molecule has 0 aromatic heterocycles. The molecule has 0 N–H and O–H groups in total. The highest BCUT2D eigenvalue weighted by molar-refractivity contribution is 9.10. The summed E-state index contributed by atoms with van der Waals surface area (Å²) >= 11 is 3.44. The lowest BCUT2D eigenvalue weighted by Crippen LogP contribution is -2.34. The molecule has 5 heteroatoms. The fourth-order valence-corrected chi connectivity index (χ4v) is 2.37. The first kappa shape index (κ1) is 11.0. The monoisotopic (exact) mass is 295 g/mol. The van der Waals surface area contributed by atoms with Crippen LogP contribution in [-0.4, -0.2) is 37.3 Å². The van der Waals surface area contributed by atoms with Crippen LogP contribution < -0.4 is 4.90 Å². The number of anilines is 1. The number of halogens is 1. The van der Waals surface area contributed by atoms with Gasteiger partial charge in [-0.2, -0.15) is 5.10 Å². The van der Waals surface area contributed by atoms with Crippen molar-refractivity contribution >= 4 is 28.0 Å². The van der Waals surface area contributed by atoms with E-state index < -0.39 is 0 Å². The van der Waals surface area contributed by atoms with E-state index in [1.54, 1.807) is 0 Å². The molecule has 2 aliphatic rings. The molecule has 0 radical (unpaired) electrons. The van der Waals surface area contributed by atoms with Gasteiger partial charge >= 0.3 is 0 Å². The third-order valence-electron chi connectivity index (χ3n) is 3.12. The molecule has 0 unspecified atom stereocenters. The molecule has 1 atom stereocenters. The number of hydrogen-bond donors (Lipinski definition) is 0. The molecule has 0 aliphatic carbocycles. The molecule has 0 spiro atoms. The smallest absolute Gasteiger partial charge is 0.117 e. The van der Waals surface area contributed by atoms with E-state index >= 15 is 0 Å². The molecule has 17 heavy (non-hydrogen) atoms. The minimum atomic E-state index is 0.437. The van der Waals surface area contributed by atoms with E-state index in [0.717, 1.165) is 30.8 Å². The van der Waals surface area contributed by atoms with Gasteiger partial charge in [0.2, 0.25) is 0 Å². The molecule has 0 amide bonds. The van der Waals surface area contributed by atoms with Crippen LogP contribution in [0, 0.1) is 0 Å². The van der Waals surface area contributed by atoms with Gasteiger partial charge in [-0.3, -0.25) is 5.01 Å². The summed E-state index contributed by atoms with van der Waals surface area (Å²) in [5.41, 5.74) is 1.17.